The van der Waals surface area contributed by atoms with Crippen molar-refractivity contribution in [3.05, 3.63) is 46.7 Å². The molecule has 1 aromatic heterocycles. The first-order valence-electron chi connectivity index (χ1n) is 5.72. The average molecular weight is 330 g/mol. The third-order valence-corrected chi connectivity index (χ3v) is 3.73. The molecule has 0 saturated carbocycles. The fraction of sp³-hybridized carbons (Fsp3) is 0.0833. The predicted molar refractivity (Wildman–Crippen MR) is 77.4 cm³/mol. The van der Waals surface area contributed by atoms with Gasteiger partial charge in [-0.2, -0.15) is 0 Å². The second kappa shape index (κ2) is 5.76. The number of sulfonamides is 1. The first-order valence-corrected chi connectivity index (χ1v) is 7.64. The molecule has 1 heterocycles. The van der Waals surface area contributed by atoms with Crippen molar-refractivity contribution >= 4 is 33.2 Å². The second-order valence-corrected chi connectivity index (χ2v) is 6.08. The predicted octanol–water partition coefficient (Wildman–Crippen LogP) is 1.29. The van der Waals surface area contributed by atoms with E-state index in [0.717, 1.165) is 0 Å². The molecule has 0 saturated heterocycles. The van der Waals surface area contributed by atoms with Gasteiger partial charge >= 0.3 is 0 Å². The van der Waals surface area contributed by atoms with Gasteiger partial charge in [0.15, 0.2) is 0 Å². The Morgan fingerprint density at radius 3 is 2.57 bits per heavy atom. The summed E-state index contributed by atoms with van der Waals surface area (Å²) in [7, 11) is -3.87. The molecular weight excluding hydrogens is 318 g/mol. The van der Waals surface area contributed by atoms with Crippen LogP contribution in [0.4, 0.5) is 5.69 Å². The van der Waals surface area contributed by atoms with Crippen LogP contribution in [-0.4, -0.2) is 14.3 Å². The number of hydrogen-bond donors (Lipinski definition) is 3. The standard InChI is InChI=1S/C12H12ClN3O4S/c13-9-3-1-7(12(14)17)5-10(9)16-6-8-2-4-11(20-8)21(15,18)19/h1-5,16H,6H2,(H2,14,17)(H2,15,18,19). The molecule has 0 fully saturated rings. The summed E-state index contributed by atoms with van der Waals surface area (Å²) < 4.78 is 27.2. The van der Waals surface area contributed by atoms with Crippen molar-refractivity contribution in [2.45, 2.75) is 11.6 Å². The summed E-state index contributed by atoms with van der Waals surface area (Å²) in [6.07, 6.45) is 0. The lowest BCUT2D eigenvalue weighted by atomic mass is 10.2. The molecule has 1 amide bonds. The minimum absolute atomic E-state index is 0.164. The highest BCUT2D eigenvalue weighted by molar-refractivity contribution is 7.89. The molecule has 0 aliphatic heterocycles. The molecule has 0 aliphatic carbocycles. The quantitative estimate of drug-likeness (QED) is 0.761. The Bertz CT molecular complexity index is 786. The van der Waals surface area contributed by atoms with Crippen LogP contribution in [0.5, 0.6) is 0 Å². The van der Waals surface area contributed by atoms with Crippen molar-refractivity contribution in [2.24, 2.45) is 10.9 Å². The number of primary sulfonamides is 1. The van der Waals surface area contributed by atoms with Crippen LogP contribution >= 0.6 is 11.6 Å². The van der Waals surface area contributed by atoms with Gasteiger partial charge in [-0.05, 0) is 30.3 Å². The molecule has 0 atom stereocenters. The van der Waals surface area contributed by atoms with Crippen LogP contribution in [0.3, 0.4) is 0 Å². The normalized spacial score (nSPS) is 11.3. The van der Waals surface area contributed by atoms with E-state index in [1.807, 2.05) is 0 Å². The van der Waals surface area contributed by atoms with Gasteiger partial charge in [0.2, 0.25) is 11.0 Å². The zero-order chi connectivity index (χ0) is 15.6. The molecular formula is C12H12ClN3O4S. The van der Waals surface area contributed by atoms with Gasteiger partial charge in [0.05, 0.1) is 17.3 Å². The zero-order valence-corrected chi connectivity index (χ0v) is 12.2. The monoisotopic (exact) mass is 329 g/mol. The lowest BCUT2D eigenvalue weighted by molar-refractivity contribution is 0.100. The van der Waals surface area contributed by atoms with Crippen LogP contribution in [0.25, 0.3) is 0 Å². The summed E-state index contributed by atoms with van der Waals surface area (Å²) in [6.45, 7) is 0.164. The summed E-state index contributed by atoms with van der Waals surface area (Å²) in [4.78, 5) is 11.1. The minimum atomic E-state index is -3.87. The number of nitrogens with one attached hydrogen (secondary N) is 1. The second-order valence-electron chi connectivity index (χ2n) is 4.18. The number of carbonyl (C=O) groups excluding carboxylic acids is 1. The molecule has 5 N–H and O–H groups in total. The number of furan rings is 1. The molecule has 0 bridgehead atoms. The van der Waals surface area contributed by atoms with E-state index in [9.17, 15) is 13.2 Å². The number of rotatable bonds is 5. The molecule has 0 spiro atoms. The Labute approximate surface area is 125 Å². The van der Waals surface area contributed by atoms with E-state index in [0.29, 0.717) is 22.0 Å². The molecule has 7 nitrogen and oxygen atoms in total. The molecule has 112 valence electrons. The van der Waals surface area contributed by atoms with Crippen LogP contribution in [0.15, 0.2) is 39.8 Å². The zero-order valence-electron chi connectivity index (χ0n) is 10.7. The molecule has 1 aromatic carbocycles. The van der Waals surface area contributed by atoms with E-state index in [2.05, 4.69) is 5.32 Å². The van der Waals surface area contributed by atoms with Gasteiger partial charge in [-0.15, -0.1) is 0 Å². The van der Waals surface area contributed by atoms with Crippen molar-refractivity contribution < 1.29 is 17.6 Å². The number of hydrogen-bond acceptors (Lipinski definition) is 5. The molecule has 0 radical (unpaired) electrons. The first-order chi connectivity index (χ1) is 9.77. The smallest absolute Gasteiger partial charge is 0.271 e. The number of nitrogens with two attached hydrogens (primary N) is 2. The highest BCUT2D eigenvalue weighted by atomic mass is 35.5. The fourth-order valence-electron chi connectivity index (χ4n) is 1.60. The molecule has 2 rings (SSSR count). The maximum atomic E-state index is 11.1. The third kappa shape index (κ3) is 3.75. The lowest BCUT2D eigenvalue weighted by Crippen LogP contribution is -2.11. The largest absolute Gasteiger partial charge is 0.446 e. The maximum absolute atomic E-state index is 11.1. The van der Waals surface area contributed by atoms with E-state index in [1.54, 1.807) is 0 Å². The first kappa shape index (κ1) is 15.4. The van der Waals surface area contributed by atoms with Gasteiger partial charge in [-0.25, -0.2) is 13.6 Å². The Hall–Kier alpha value is -2.03. The maximum Gasteiger partial charge on any atom is 0.271 e. The highest BCUT2D eigenvalue weighted by Crippen LogP contribution is 2.24. The van der Waals surface area contributed by atoms with Gasteiger partial charge in [0, 0.05) is 5.56 Å². The number of primary amides is 1. The van der Waals surface area contributed by atoms with E-state index in [4.69, 9.17) is 26.9 Å². The van der Waals surface area contributed by atoms with Crippen LogP contribution in [0, 0.1) is 0 Å². The van der Waals surface area contributed by atoms with Gasteiger partial charge in [-0.1, -0.05) is 11.6 Å². The van der Waals surface area contributed by atoms with Crippen molar-refractivity contribution in [1.29, 1.82) is 0 Å². The Balaban J connectivity index is 2.15. The van der Waals surface area contributed by atoms with Crippen LogP contribution in [0.1, 0.15) is 16.1 Å². The number of carbonyl (C=O) groups is 1. The highest BCUT2D eigenvalue weighted by Gasteiger charge is 2.13. The summed E-state index contributed by atoms with van der Waals surface area (Å²) in [5.74, 6) is -0.233. The van der Waals surface area contributed by atoms with Crippen molar-refractivity contribution in [3.63, 3.8) is 0 Å². The molecule has 21 heavy (non-hydrogen) atoms. The van der Waals surface area contributed by atoms with E-state index in [1.165, 1.54) is 30.3 Å². The van der Waals surface area contributed by atoms with Gasteiger partial charge < -0.3 is 15.5 Å². The minimum Gasteiger partial charge on any atom is -0.446 e. The lowest BCUT2D eigenvalue weighted by Gasteiger charge is -2.08. The molecule has 9 heteroatoms. The van der Waals surface area contributed by atoms with Crippen molar-refractivity contribution in [3.8, 4) is 0 Å². The Morgan fingerprint density at radius 1 is 1.29 bits per heavy atom. The van der Waals surface area contributed by atoms with E-state index in [-0.39, 0.29) is 11.6 Å². The fourth-order valence-corrected chi connectivity index (χ4v) is 2.27. The van der Waals surface area contributed by atoms with E-state index < -0.39 is 15.9 Å². The molecule has 0 aliphatic rings. The van der Waals surface area contributed by atoms with Crippen LogP contribution in [-0.2, 0) is 16.6 Å². The topological polar surface area (TPSA) is 128 Å². The van der Waals surface area contributed by atoms with Crippen LogP contribution < -0.4 is 16.2 Å². The number of anilines is 1. The summed E-state index contributed by atoms with van der Waals surface area (Å²) in [5.41, 5.74) is 5.95. The van der Waals surface area contributed by atoms with Gasteiger partial charge in [-0.3, -0.25) is 4.79 Å². The molecule has 0 unspecified atom stereocenters. The van der Waals surface area contributed by atoms with E-state index >= 15 is 0 Å². The Kier molecular flexibility index (Phi) is 4.21. The summed E-state index contributed by atoms with van der Waals surface area (Å²) in [5, 5.41) is 7.92. The number of halogens is 1. The van der Waals surface area contributed by atoms with Gasteiger partial charge in [0.25, 0.3) is 10.0 Å². The third-order valence-electron chi connectivity index (χ3n) is 2.62. The van der Waals surface area contributed by atoms with Gasteiger partial charge in [0.1, 0.15) is 5.76 Å². The van der Waals surface area contributed by atoms with Crippen LogP contribution in [0.2, 0.25) is 5.02 Å². The summed E-state index contributed by atoms with van der Waals surface area (Å²) >= 11 is 5.98. The molecule has 2 aromatic rings. The average Bonchev–Trinajstić information content (AvgIpc) is 2.86. The van der Waals surface area contributed by atoms with Crippen molar-refractivity contribution in [1.82, 2.24) is 0 Å². The number of amides is 1. The Morgan fingerprint density at radius 2 is 2.00 bits per heavy atom. The SMILES string of the molecule is NC(=O)c1ccc(Cl)c(NCc2ccc(S(N)(=O)=O)o2)c1. The number of benzene rings is 1. The van der Waals surface area contributed by atoms with Crippen molar-refractivity contribution in [2.75, 3.05) is 5.32 Å². The summed E-state index contributed by atoms with van der Waals surface area (Å²) in [6, 6.07) is 7.25.